The van der Waals surface area contributed by atoms with Crippen LogP contribution in [0.3, 0.4) is 0 Å². The van der Waals surface area contributed by atoms with Gasteiger partial charge in [0.1, 0.15) is 5.75 Å². The van der Waals surface area contributed by atoms with Gasteiger partial charge in [-0.3, -0.25) is 0 Å². The van der Waals surface area contributed by atoms with Crippen molar-refractivity contribution in [2.45, 2.75) is 12.8 Å². The van der Waals surface area contributed by atoms with E-state index in [0.29, 0.717) is 0 Å². The fourth-order valence-electron chi connectivity index (χ4n) is 1.53. The average Bonchev–Trinajstić information content (AvgIpc) is 2.40. The normalized spacial score (nSPS) is 11.4. The first-order valence-corrected chi connectivity index (χ1v) is 5.90. The highest BCUT2D eigenvalue weighted by Crippen LogP contribution is 2.37. The molecule has 2 rings (SSSR count). The van der Waals surface area contributed by atoms with Crippen molar-refractivity contribution in [1.29, 1.82) is 0 Å². The summed E-state index contributed by atoms with van der Waals surface area (Å²) in [5, 5.41) is 9.22. The second-order valence-electron chi connectivity index (χ2n) is 3.83. The first-order chi connectivity index (χ1) is 9.41. The van der Waals surface area contributed by atoms with E-state index in [2.05, 4.69) is 4.98 Å². The number of aliphatic hydroxyl groups is 1. The number of benzene rings is 1. The van der Waals surface area contributed by atoms with Gasteiger partial charge in [0, 0.05) is 6.07 Å². The molecule has 1 aromatic carbocycles. The van der Waals surface area contributed by atoms with Gasteiger partial charge in [-0.2, -0.15) is 13.2 Å². The summed E-state index contributed by atoms with van der Waals surface area (Å²) in [5.41, 5.74) is -0.768. The average molecular weight is 304 g/mol. The predicted octanol–water partition coefficient (Wildman–Crippen LogP) is 4.04. The van der Waals surface area contributed by atoms with Gasteiger partial charge >= 0.3 is 6.18 Å². The topological polar surface area (TPSA) is 42.4 Å². The van der Waals surface area contributed by atoms with E-state index in [1.807, 2.05) is 0 Å². The van der Waals surface area contributed by atoms with Crippen molar-refractivity contribution in [2.24, 2.45) is 0 Å². The Balaban J connectivity index is 2.36. The van der Waals surface area contributed by atoms with E-state index in [4.69, 9.17) is 21.4 Å². The largest absolute Gasteiger partial charge is 0.438 e. The van der Waals surface area contributed by atoms with Crippen molar-refractivity contribution in [3.05, 3.63) is 52.7 Å². The van der Waals surface area contributed by atoms with Crippen LogP contribution in [0, 0.1) is 0 Å². The van der Waals surface area contributed by atoms with Crippen molar-refractivity contribution in [2.75, 3.05) is 0 Å². The zero-order valence-electron chi connectivity index (χ0n) is 9.99. The third-order valence-electron chi connectivity index (χ3n) is 2.45. The van der Waals surface area contributed by atoms with Crippen LogP contribution in [0.25, 0.3) is 0 Å². The maximum absolute atomic E-state index is 12.8. The van der Waals surface area contributed by atoms with E-state index < -0.39 is 18.3 Å². The fraction of sp³-hybridized carbons (Fsp3) is 0.154. The highest BCUT2D eigenvalue weighted by molar-refractivity contribution is 6.31. The van der Waals surface area contributed by atoms with Gasteiger partial charge in [0.15, 0.2) is 0 Å². The van der Waals surface area contributed by atoms with Gasteiger partial charge in [0.2, 0.25) is 5.88 Å². The summed E-state index contributed by atoms with van der Waals surface area (Å²) in [4.78, 5) is 3.84. The lowest BCUT2D eigenvalue weighted by Crippen LogP contribution is -2.07. The summed E-state index contributed by atoms with van der Waals surface area (Å²) in [6, 6.07) is 7.52. The zero-order valence-corrected chi connectivity index (χ0v) is 10.7. The van der Waals surface area contributed by atoms with Gasteiger partial charge in [-0.15, -0.1) is 0 Å². The number of ether oxygens (including phenoxy) is 1. The number of rotatable bonds is 3. The number of nitrogens with zero attached hydrogens (tertiary/aromatic N) is 1. The van der Waals surface area contributed by atoms with Crippen molar-refractivity contribution >= 4 is 11.6 Å². The van der Waals surface area contributed by atoms with Crippen LogP contribution in [-0.4, -0.2) is 10.1 Å². The van der Waals surface area contributed by atoms with Crippen molar-refractivity contribution in [3.8, 4) is 11.6 Å². The minimum atomic E-state index is -4.52. The number of hydrogen-bond donors (Lipinski definition) is 1. The number of aromatic nitrogens is 1. The Morgan fingerprint density at radius 3 is 2.50 bits per heavy atom. The van der Waals surface area contributed by atoms with E-state index in [-0.39, 0.29) is 22.3 Å². The predicted molar refractivity (Wildman–Crippen MR) is 66.7 cm³/mol. The molecule has 7 heteroatoms. The molecule has 0 atom stereocenters. The second-order valence-corrected chi connectivity index (χ2v) is 4.24. The maximum atomic E-state index is 12.8. The minimum absolute atomic E-state index is 0.0739. The highest BCUT2D eigenvalue weighted by Gasteiger charge is 2.34. The molecule has 20 heavy (non-hydrogen) atoms. The third kappa shape index (κ3) is 3.20. The summed E-state index contributed by atoms with van der Waals surface area (Å²) in [6.45, 7) is -0.434. The van der Waals surface area contributed by atoms with E-state index in [9.17, 15) is 13.2 Å². The van der Waals surface area contributed by atoms with Crippen LogP contribution in [0.5, 0.6) is 11.6 Å². The minimum Gasteiger partial charge on any atom is -0.438 e. The van der Waals surface area contributed by atoms with E-state index in [1.165, 1.54) is 30.3 Å². The first kappa shape index (κ1) is 14.6. The standard InChI is InChI=1S/C13H9ClF3NO2/c14-9-5-6-12(18-10(9)7-19)20-11-4-2-1-3-8(11)13(15,16)17/h1-6,19H,7H2. The molecule has 0 aliphatic heterocycles. The Hall–Kier alpha value is -1.79. The molecule has 0 amide bonds. The molecular formula is C13H9ClF3NO2. The lowest BCUT2D eigenvalue weighted by atomic mass is 10.2. The number of alkyl halides is 3. The van der Waals surface area contributed by atoms with Crippen molar-refractivity contribution in [1.82, 2.24) is 4.98 Å². The van der Waals surface area contributed by atoms with E-state index in [1.54, 1.807) is 0 Å². The van der Waals surface area contributed by atoms with Crippen molar-refractivity contribution < 1.29 is 23.0 Å². The monoisotopic (exact) mass is 303 g/mol. The van der Waals surface area contributed by atoms with Crippen molar-refractivity contribution in [3.63, 3.8) is 0 Å². The number of halogens is 4. The Kier molecular flexibility index (Phi) is 4.15. The summed E-state index contributed by atoms with van der Waals surface area (Å²) in [6.07, 6.45) is -4.52. The number of aliphatic hydroxyl groups excluding tert-OH is 1. The Labute approximate surface area is 117 Å². The van der Waals surface area contributed by atoms with Gasteiger partial charge in [-0.25, -0.2) is 4.98 Å². The van der Waals surface area contributed by atoms with E-state index >= 15 is 0 Å². The number of hydrogen-bond acceptors (Lipinski definition) is 3. The van der Waals surface area contributed by atoms with Gasteiger partial charge in [0.25, 0.3) is 0 Å². The quantitative estimate of drug-likeness (QED) is 0.930. The van der Waals surface area contributed by atoms with Crippen LogP contribution in [0.4, 0.5) is 13.2 Å². The molecule has 0 spiro atoms. The van der Waals surface area contributed by atoms with Gasteiger partial charge in [-0.1, -0.05) is 23.7 Å². The zero-order chi connectivity index (χ0) is 14.8. The van der Waals surface area contributed by atoms with Gasteiger partial charge < -0.3 is 9.84 Å². The van der Waals surface area contributed by atoms with Gasteiger partial charge in [0.05, 0.1) is 22.9 Å². The molecule has 1 heterocycles. The molecule has 1 aromatic heterocycles. The summed E-state index contributed by atoms with van der Waals surface area (Å²) >= 11 is 5.75. The van der Waals surface area contributed by atoms with Crippen LogP contribution in [0.1, 0.15) is 11.3 Å². The molecule has 1 N–H and O–H groups in total. The van der Waals surface area contributed by atoms with Crippen LogP contribution in [0.2, 0.25) is 5.02 Å². The molecule has 0 unspecified atom stereocenters. The Morgan fingerprint density at radius 1 is 1.15 bits per heavy atom. The van der Waals surface area contributed by atoms with Gasteiger partial charge in [-0.05, 0) is 18.2 Å². The molecule has 106 valence electrons. The lowest BCUT2D eigenvalue weighted by molar-refractivity contribution is -0.138. The van der Waals surface area contributed by atoms with E-state index in [0.717, 1.165) is 6.07 Å². The summed E-state index contributed by atoms with van der Waals surface area (Å²) < 4.78 is 43.5. The smallest absolute Gasteiger partial charge is 0.419 e. The van der Waals surface area contributed by atoms with Crippen LogP contribution < -0.4 is 4.74 Å². The van der Waals surface area contributed by atoms with Crippen LogP contribution in [0.15, 0.2) is 36.4 Å². The Morgan fingerprint density at radius 2 is 1.85 bits per heavy atom. The third-order valence-corrected chi connectivity index (χ3v) is 2.79. The van der Waals surface area contributed by atoms with Crippen LogP contribution in [-0.2, 0) is 12.8 Å². The SMILES string of the molecule is OCc1nc(Oc2ccccc2C(F)(F)F)ccc1Cl. The molecule has 0 fully saturated rings. The molecule has 3 nitrogen and oxygen atoms in total. The molecule has 2 aromatic rings. The number of para-hydroxylation sites is 1. The Bertz CT molecular complexity index is 617. The maximum Gasteiger partial charge on any atom is 0.419 e. The second kappa shape index (κ2) is 5.68. The molecule has 0 saturated heterocycles. The van der Waals surface area contributed by atoms with Crippen LogP contribution >= 0.6 is 11.6 Å². The molecule has 0 bridgehead atoms. The highest BCUT2D eigenvalue weighted by atomic mass is 35.5. The number of pyridine rings is 1. The summed E-state index contributed by atoms with van der Waals surface area (Å²) in [7, 11) is 0. The summed E-state index contributed by atoms with van der Waals surface area (Å²) in [5.74, 6) is -0.436. The first-order valence-electron chi connectivity index (χ1n) is 5.52. The molecule has 0 saturated carbocycles. The fourth-order valence-corrected chi connectivity index (χ4v) is 1.70. The molecule has 0 aliphatic rings. The molecular weight excluding hydrogens is 295 g/mol. The lowest BCUT2D eigenvalue weighted by Gasteiger charge is -2.13. The molecule has 0 radical (unpaired) electrons. The molecule has 0 aliphatic carbocycles.